The van der Waals surface area contributed by atoms with Gasteiger partial charge in [-0.1, -0.05) is 11.6 Å². The number of hydrogen-bond donors (Lipinski definition) is 0. The molecule has 1 unspecified atom stereocenters. The minimum atomic E-state index is -0.593. The van der Waals surface area contributed by atoms with Crippen molar-refractivity contribution in [3.05, 3.63) is 29.0 Å². The maximum absolute atomic E-state index is 5.82. The van der Waals surface area contributed by atoms with Gasteiger partial charge in [0.05, 0.1) is 6.10 Å². The molecule has 0 aliphatic carbocycles. The molecule has 0 fully saturated rings. The van der Waals surface area contributed by atoms with Gasteiger partial charge in [0.25, 0.3) is 0 Å². The van der Waals surface area contributed by atoms with Gasteiger partial charge < -0.3 is 9.47 Å². The summed E-state index contributed by atoms with van der Waals surface area (Å²) in [6.45, 7) is 8.33. The smallest absolute Gasteiger partial charge is 0.163 e. The van der Waals surface area contributed by atoms with E-state index in [9.17, 15) is 0 Å². The Hall–Kier alpha value is -0.640. The van der Waals surface area contributed by atoms with Crippen molar-refractivity contribution in [2.75, 3.05) is 6.61 Å². The van der Waals surface area contributed by atoms with Crippen molar-refractivity contribution in [1.82, 2.24) is 4.98 Å². The molecule has 0 aliphatic heterocycles. The molecule has 0 radical (unpaired) electrons. The Bertz CT molecular complexity index is 342. The summed E-state index contributed by atoms with van der Waals surface area (Å²) in [7, 11) is 0. The number of halogens is 1. The molecule has 0 aliphatic rings. The summed E-state index contributed by atoms with van der Waals surface area (Å²) in [4.78, 5) is 3.93. The zero-order valence-electron chi connectivity index (χ0n) is 10.2. The quantitative estimate of drug-likeness (QED) is 0.585. The molecule has 1 aromatic rings. The Kier molecular flexibility index (Phi) is 4.71. The van der Waals surface area contributed by atoms with Crippen LogP contribution in [0.1, 0.15) is 39.4 Å². The monoisotopic (exact) mass is 243 g/mol. The number of pyridine rings is 1. The van der Waals surface area contributed by atoms with Crippen molar-refractivity contribution in [2.24, 2.45) is 0 Å². The van der Waals surface area contributed by atoms with Crippen LogP contribution < -0.4 is 0 Å². The lowest BCUT2D eigenvalue weighted by Crippen LogP contribution is -2.29. The van der Waals surface area contributed by atoms with Crippen molar-refractivity contribution >= 4 is 11.6 Å². The molecule has 1 rings (SSSR count). The lowest BCUT2D eigenvalue weighted by Gasteiger charge is -2.29. The number of ether oxygens (including phenoxy) is 2. The van der Waals surface area contributed by atoms with E-state index in [4.69, 9.17) is 21.1 Å². The van der Waals surface area contributed by atoms with Crippen LogP contribution in [0, 0.1) is 0 Å². The van der Waals surface area contributed by atoms with Crippen LogP contribution in [0.5, 0.6) is 0 Å². The van der Waals surface area contributed by atoms with Crippen LogP contribution in [0.15, 0.2) is 18.3 Å². The van der Waals surface area contributed by atoms with Crippen LogP contribution in [-0.4, -0.2) is 17.4 Å². The minimum Gasteiger partial charge on any atom is -0.351 e. The highest BCUT2D eigenvalue weighted by molar-refractivity contribution is 6.29. The van der Waals surface area contributed by atoms with Crippen LogP contribution in [0.3, 0.4) is 0 Å². The molecule has 0 aromatic carbocycles. The van der Waals surface area contributed by atoms with Gasteiger partial charge >= 0.3 is 0 Å². The third-order valence-corrected chi connectivity index (χ3v) is 2.38. The minimum absolute atomic E-state index is 0.0814. The van der Waals surface area contributed by atoms with Gasteiger partial charge in [-0.15, -0.1) is 0 Å². The highest BCUT2D eigenvalue weighted by Crippen LogP contribution is 2.25. The zero-order valence-corrected chi connectivity index (χ0v) is 10.9. The fourth-order valence-electron chi connectivity index (χ4n) is 1.55. The fourth-order valence-corrected chi connectivity index (χ4v) is 1.73. The first kappa shape index (κ1) is 13.4. The Balaban J connectivity index is 2.68. The second kappa shape index (κ2) is 5.62. The van der Waals surface area contributed by atoms with Gasteiger partial charge in [0.15, 0.2) is 5.79 Å². The molecule has 1 heterocycles. The largest absolute Gasteiger partial charge is 0.351 e. The predicted octanol–water partition coefficient (Wildman–Crippen LogP) is 3.59. The first-order valence-corrected chi connectivity index (χ1v) is 5.75. The predicted molar refractivity (Wildman–Crippen MR) is 64.5 cm³/mol. The lowest BCUT2D eigenvalue weighted by atomic mass is 10.1. The van der Waals surface area contributed by atoms with Crippen molar-refractivity contribution in [3.63, 3.8) is 0 Å². The van der Waals surface area contributed by atoms with Crippen LogP contribution in [0.4, 0.5) is 0 Å². The first-order chi connectivity index (χ1) is 7.44. The van der Waals surface area contributed by atoms with Gasteiger partial charge in [0.2, 0.25) is 0 Å². The maximum atomic E-state index is 5.82. The molecule has 0 saturated carbocycles. The third kappa shape index (κ3) is 4.08. The fraction of sp³-hybridized carbons (Fsp3) is 0.583. The van der Waals surface area contributed by atoms with Gasteiger partial charge in [-0.25, -0.2) is 4.98 Å². The summed E-state index contributed by atoms with van der Waals surface area (Å²) in [5.74, 6) is -0.593. The molecule has 0 bridgehead atoms. The van der Waals surface area contributed by atoms with Crippen LogP contribution >= 0.6 is 11.6 Å². The summed E-state index contributed by atoms with van der Waals surface area (Å²) in [6, 6.07) is 3.69. The van der Waals surface area contributed by atoms with Crippen molar-refractivity contribution in [3.8, 4) is 0 Å². The average molecular weight is 244 g/mol. The Labute approximate surface area is 102 Å². The molecular formula is C12H18ClNO2. The molecule has 3 nitrogen and oxygen atoms in total. The molecule has 0 saturated heterocycles. The van der Waals surface area contributed by atoms with E-state index in [-0.39, 0.29) is 6.10 Å². The summed E-state index contributed by atoms with van der Waals surface area (Å²) in [5, 5.41) is 0.474. The molecule has 0 spiro atoms. The van der Waals surface area contributed by atoms with Gasteiger partial charge in [-0.05, 0) is 45.4 Å². The topological polar surface area (TPSA) is 31.4 Å². The van der Waals surface area contributed by atoms with E-state index in [1.165, 1.54) is 0 Å². The van der Waals surface area contributed by atoms with Gasteiger partial charge in [0, 0.05) is 12.8 Å². The summed E-state index contributed by atoms with van der Waals surface area (Å²) < 4.78 is 11.3. The molecule has 0 N–H and O–H groups in total. The van der Waals surface area contributed by atoms with Crippen LogP contribution in [-0.2, 0) is 9.47 Å². The van der Waals surface area contributed by atoms with E-state index in [2.05, 4.69) is 4.98 Å². The number of aromatic nitrogens is 1. The number of rotatable bonds is 5. The van der Waals surface area contributed by atoms with Gasteiger partial charge in [-0.2, -0.15) is 0 Å². The molecule has 16 heavy (non-hydrogen) atoms. The van der Waals surface area contributed by atoms with E-state index >= 15 is 0 Å². The molecular weight excluding hydrogens is 226 g/mol. The van der Waals surface area contributed by atoms with E-state index in [1.54, 1.807) is 12.3 Å². The SMILES string of the molecule is CCOC(C)(C)OC(C)c1ccnc(Cl)c1. The third-order valence-electron chi connectivity index (χ3n) is 2.17. The maximum Gasteiger partial charge on any atom is 0.163 e. The van der Waals surface area contributed by atoms with Crippen LogP contribution in [0.25, 0.3) is 0 Å². The highest BCUT2D eigenvalue weighted by Gasteiger charge is 2.22. The molecule has 1 atom stereocenters. The highest BCUT2D eigenvalue weighted by atomic mass is 35.5. The lowest BCUT2D eigenvalue weighted by molar-refractivity contribution is -0.233. The summed E-state index contributed by atoms with van der Waals surface area (Å²) >= 11 is 5.82. The Morgan fingerprint density at radius 2 is 2.19 bits per heavy atom. The molecule has 4 heteroatoms. The average Bonchev–Trinajstić information content (AvgIpc) is 2.16. The zero-order chi connectivity index (χ0) is 12.2. The van der Waals surface area contributed by atoms with Crippen LogP contribution in [0.2, 0.25) is 5.15 Å². The number of nitrogens with zero attached hydrogens (tertiary/aromatic N) is 1. The van der Waals surface area contributed by atoms with Gasteiger partial charge in [0.1, 0.15) is 5.15 Å². The van der Waals surface area contributed by atoms with E-state index in [0.717, 1.165) is 5.56 Å². The number of hydrogen-bond acceptors (Lipinski definition) is 3. The van der Waals surface area contributed by atoms with Crippen molar-refractivity contribution in [2.45, 2.75) is 39.6 Å². The van der Waals surface area contributed by atoms with E-state index in [0.29, 0.717) is 11.8 Å². The first-order valence-electron chi connectivity index (χ1n) is 5.38. The van der Waals surface area contributed by atoms with Gasteiger partial charge in [-0.3, -0.25) is 0 Å². The van der Waals surface area contributed by atoms with E-state index < -0.39 is 5.79 Å². The second-order valence-corrected chi connectivity index (χ2v) is 4.39. The standard InChI is InChI=1S/C12H18ClNO2/c1-5-15-12(3,4)16-9(2)10-6-7-14-11(13)8-10/h6-9H,5H2,1-4H3. The summed E-state index contributed by atoms with van der Waals surface area (Å²) in [5.41, 5.74) is 0.993. The van der Waals surface area contributed by atoms with Crippen molar-refractivity contribution in [1.29, 1.82) is 0 Å². The van der Waals surface area contributed by atoms with Crippen molar-refractivity contribution < 1.29 is 9.47 Å². The molecule has 90 valence electrons. The Morgan fingerprint density at radius 3 is 2.75 bits per heavy atom. The molecule has 0 amide bonds. The molecule has 1 aromatic heterocycles. The Morgan fingerprint density at radius 1 is 1.50 bits per heavy atom. The normalized spacial score (nSPS) is 13.8. The summed E-state index contributed by atoms with van der Waals surface area (Å²) in [6.07, 6.45) is 1.59. The van der Waals surface area contributed by atoms with E-state index in [1.807, 2.05) is 33.8 Å². The second-order valence-electron chi connectivity index (χ2n) is 4.00.